The minimum atomic E-state index is -0.608. The first kappa shape index (κ1) is 20.4. The summed E-state index contributed by atoms with van der Waals surface area (Å²) < 4.78 is 11.9. The third kappa shape index (κ3) is 4.99. The number of nitrogens with one attached hydrogen (secondary N) is 1. The number of ether oxygens (including phenoxy) is 1. The Hall–Kier alpha value is -3.91. The number of anilines is 1. The summed E-state index contributed by atoms with van der Waals surface area (Å²) in [4.78, 5) is 28.3. The van der Waals surface area contributed by atoms with E-state index in [-0.39, 0.29) is 0 Å². The van der Waals surface area contributed by atoms with Crippen molar-refractivity contribution in [2.24, 2.45) is 0 Å². The number of aromatic nitrogens is 3. The van der Waals surface area contributed by atoms with Crippen molar-refractivity contribution in [2.45, 2.75) is 6.54 Å². The van der Waals surface area contributed by atoms with Crippen LogP contribution in [-0.2, 0) is 16.1 Å². The summed E-state index contributed by atoms with van der Waals surface area (Å²) >= 11 is 6.19. The van der Waals surface area contributed by atoms with E-state index in [1.54, 1.807) is 53.5 Å². The van der Waals surface area contributed by atoms with Gasteiger partial charge in [-0.25, -0.2) is 14.5 Å². The number of hydrogen-bond donors (Lipinski definition) is 1. The summed E-state index contributed by atoms with van der Waals surface area (Å²) in [5, 5.41) is 7.50. The molecule has 0 bridgehead atoms. The molecule has 1 amide bonds. The summed E-state index contributed by atoms with van der Waals surface area (Å²) in [5.41, 5.74) is 1.96. The molecule has 0 radical (unpaired) electrons. The molecule has 0 atom stereocenters. The number of rotatable bonds is 7. The molecule has 2 aromatic heterocycles. The van der Waals surface area contributed by atoms with Gasteiger partial charge in [-0.2, -0.15) is 5.10 Å². The van der Waals surface area contributed by atoms with E-state index in [4.69, 9.17) is 20.8 Å². The zero-order valence-corrected chi connectivity index (χ0v) is 17.0. The molecular formula is C22H17ClN4O4. The number of benzene rings is 2. The molecule has 2 aromatic carbocycles. The van der Waals surface area contributed by atoms with Gasteiger partial charge >= 0.3 is 5.97 Å². The predicted molar refractivity (Wildman–Crippen MR) is 114 cm³/mol. The van der Waals surface area contributed by atoms with Gasteiger partial charge in [-0.05, 0) is 23.8 Å². The Kier molecular flexibility index (Phi) is 6.09. The Morgan fingerprint density at radius 3 is 2.65 bits per heavy atom. The van der Waals surface area contributed by atoms with Gasteiger partial charge in [-0.1, -0.05) is 41.9 Å². The second-order valence-electron chi connectivity index (χ2n) is 6.53. The largest absolute Gasteiger partial charge is 0.452 e. The number of hydrogen-bond acceptors (Lipinski definition) is 6. The lowest BCUT2D eigenvalue weighted by Crippen LogP contribution is -2.22. The van der Waals surface area contributed by atoms with Crippen LogP contribution in [0.1, 0.15) is 15.9 Å². The molecule has 4 rings (SSSR count). The first-order valence-corrected chi connectivity index (χ1v) is 9.69. The monoisotopic (exact) mass is 436 g/mol. The molecule has 4 aromatic rings. The highest BCUT2D eigenvalue weighted by molar-refractivity contribution is 6.31. The fourth-order valence-electron chi connectivity index (χ4n) is 2.88. The molecule has 0 aliphatic carbocycles. The lowest BCUT2D eigenvalue weighted by Gasteiger charge is -2.10. The maximum absolute atomic E-state index is 12.3. The predicted octanol–water partition coefficient (Wildman–Crippen LogP) is 4.04. The van der Waals surface area contributed by atoms with Crippen molar-refractivity contribution < 1.29 is 18.7 Å². The highest BCUT2D eigenvalue weighted by Crippen LogP contribution is 2.20. The Labute approximate surface area is 182 Å². The zero-order valence-electron chi connectivity index (χ0n) is 16.2. The van der Waals surface area contributed by atoms with E-state index in [2.05, 4.69) is 15.4 Å². The summed E-state index contributed by atoms with van der Waals surface area (Å²) in [6.45, 7) is -0.0421. The van der Waals surface area contributed by atoms with Crippen LogP contribution in [0.4, 0.5) is 5.82 Å². The van der Waals surface area contributed by atoms with Crippen molar-refractivity contribution in [3.8, 4) is 11.3 Å². The Morgan fingerprint density at radius 1 is 1.10 bits per heavy atom. The molecule has 2 heterocycles. The maximum atomic E-state index is 12.3. The van der Waals surface area contributed by atoms with Gasteiger partial charge in [0.2, 0.25) is 0 Å². The molecule has 31 heavy (non-hydrogen) atoms. The molecule has 0 aliphatic heterocycles. The van der Waals surface area contributed by atoms with E-state index in [1.165, 1.54) is 6.39 Å². The summed E-state index contributed by atoms with van der Waals surface area (Å²) in [6.07, 6.45) is 4.47. The van der Waals surface area contributed by atoms with Crippen LogP contribution in [0, 0.1) is 0 Å². The van der Waals surface area contributed by atoms with Crippen molar-refractivity contribution in [2.75, 3.05) is 11.9 Å². The smallest absolute Gasteiger partial charge is 0.338 e. The first-order valence-electron chi connectivity index (χ1n) is 9.31. The Balaban J connectivity index is 1.32. The van der Waals surface area contributed by atoms with Gasteiger partial charge in [-0.15, -0.1) is 0 Å². The second kappa shape index (κ2) is 9.27. The number of amides is 1. The van der Waals surface area contributed by atoms with E-state index < -0.39 is 18.5 Å². The van der Waals surface area contributed by atoms with Crippen LogP contribution in [0.25, 0.3) is 11.3 Å². The number of nitrogens with zero attached hydrogens (tertiary/aromatic N) is 3. The highest BCUT2D eigenvalue weighted by atomic mass is 35.5. The quantitative estimate of drug-likeness (QED) is 0.439. The van der Waals surface area contributed by atoms with Crippen molar-refractivity contribution in [3.05, 3.63) is 89.5 Å². The Morgan fingerprint density at radius 2 is 1.90 bits per heavy atom. The van der Waals surface area contributed by atoms with Crippen LogP contribution in [0.5, 0.6) is 0 Å². The topological polar surface area (TPSA) is 99.2 Å². The zero-order chi connectivity index (χ0) is 21.6. The molecule has 0 saturated heterocycles. The molecule has 0 unspecified atom stereocenters. The minimum absolute atomic E-state index is 0.319. The van der Waals surface area contributed by atoms with Crippen molar-refractivity contribution in [1.82, 2.24) is 14.8 Å². The van der Waals surface area contributed by atoms with Gasteiger partial charge in [0.1, 0.15) is 5.82 Å². The van der Waals surface area contributed by atoms with Gasteiger partial charge in [-0.3, -0.25) is 4.79 Å². The molecule has 156 valence electrons. The summed E-state index contributed by atoms with van der Waals surface area (Å²) in [5.74, 6) is -0.0264. The number of esters is 1. The van der Waals surface area contributed by atoms with E-state index in [0.29, 0.717) is 28.7 Å². The van der Waals surface area contributed by atoms with Crippen molar-refractivity contribution in [3.63, 3.8) is 0 Å². The number of carbonyl (C=O) groups excluding carboxylic acids is 2. The van der Waals surface area contributed by atoms with Gasteiger partial charge in [0.15, 0.2) is 18.8 Å². The normalized spacial score (nSPS) is 10.6. The van der Waals surface area contributed by atoms with Crippen LogP contribution < -0.4 is 5.32 Å². The van der Waals surface area contributed by atoms with Crippen molar-refractivity contribution in [1.29, 1.82) is 0 Å². The van der Waals surface area contributed by atoms with E-state index in [0.717, 1.165) is 11.1 Å². The van der Waals surface area contributed by atoms with Gasteiger partial charge in [0, 0.05) is 16.7 Å². The average Bonchev–Trinajstić information content (AvgIpc) is 3.46. The standard InChI is InChI=1S/C22H17ClN4O4/c23-18-4-2-1-3-17(18)12-27-20(9-10-25-27)26-21(28)13-30-22(29)16-7-5-15(6-8-16)19-11-24-14-31-19/h1-11,14H,12-13H2,(H,26,28). The van der Waals surface area contributed by atoms with Crippen LogP contribution in [0.15, 0.2) is 77.8 Å². The second-order valence-corrected chi connectivity index (χ2v) is 6.94. The van der Waals surface area contributed by atoms with Gasteiger partial charge in [0.25, 0.3) is 5.91 Å². The van der Waals surface area contributed by atoms with Crippen LogP contribution >= 0.6 is 11.6 Å². The third-order valence-electron chi connectivity index (χ3n) is 4.43. The fraction of sp³-hybridized carbons (Fsp3) is 0.0909. The van der Waals surface area contributed by atoms with Gasteiger partial charge in [0.05, 0.1) is 24.5 Å². The fourth-order valence-corrected chi connectivity index (χ4v) is 3.07. The number of oxazole rings is 1. The minimum Gasteiger partial charge on any atom is -0.452 e. The molecule has 0 aliphatic rings. The summed E-state index contributed by atoms with van der Waals surface area (Å²) in [6, 6.07) is 15.6. The van der Waals surface area contributed by atoms with E-state index >= 15 is 0 Å². The number of carbonyl (C=O) groups is 2. The molecule has 0 fully saturated rings. The molecule has 8 nitrogen and oxygen atoms in total. The van der Waals surface area contributed by atoms with Crippen molar-refractivity contribution >= 4 is 29.3 Å². The highest BCUT2D eigenvalue weighted by Gasteiger charge is 2.13. The van der Waals surface area contributed by atoms with E-state index in [9.17, 15) is 9.59 Å². The average molecular weight is 437 g/mol. The number of halogens is 1. The molecule has 9 heteroatoms. The summed E-state index contributed by atoms with van der Waals surface area (Å²) in [7, 11) is 0. The molecule has 0 spiro atoms. The third-order valence-corrected chi connectivity index (χ3v) is 4.80. The van der Waals surface area contributed by atoms with Crippen LogP contribution in [0.3, 0.4) is 0 Å². The first-order chi connectivity index (χ1) is 15.1. The lowest BCUT2D eigenvalue weighted by atomic mass is 10.1. The molecule has 0 saturated carbocycles. The molecule has 1 N–H and O–H groups in total. The van der Waals surface area contributed by atoms with E-state index in [1.807, 2.05) is 18.2 Å². The van der Waals surface area contributed by atoms with Crippen LogP contribution in [-0.4, -0.2) is 33.2 Å². The lowest BCUT2D eigenvalue weighted by molar-refractivity contribution is -0.119. The van der Waals surface area contributed by atoms with Gasteiger partial charge < -0.3 is 14.5 Å². The Bertz CT molecular complexity index is 1190. The molecular weight excluding hydrogens is 420 g/mol. The SMILES string of the molecule is O=C(COC(=O)c1ccc(-c2cnco2)cc1)Nc1ccnn1Cc1ccccc1Cl. The van der Waals surface area contributed by atoms with Crippen LogP contribution in [0.2, 0.25) is 5.02 Å². The maximum Gasteiger partial charge on any atom is 0.338 e.